The van der Waals surface area contributed by atoms with Crippen LogP contribution in [0.2, 0.25) is 0 Å². The van der Waals surface area contributed by atoms with Gasteiger partial charge >= 0.3 is 0 Å². The summed E-state index contributed by atoms with van der Waals surface area (Å²) in [6.45, 7) is 5.84. The second kappa shape index (κ2) is 7.75. The van der Waals surface area contributed by atoms with Crippen LogP contribution in [-0.2, 0) is 6.61 Å². The number of aryl methyl sites for hydroxylation is 2. The molecule has 3 heterocycles. The summed E-state index contributed by atoms with van der Waals surface area (Å²) in [7, 11) is 0. The number of ether oxygens (including phenoxy) is 1. The van der Waals surface area contributed by atoms with E-state index in [1.807, 2.05) is 55.6 Å². The number of nitrogens with zero attached hydrogens (tertiary/aromatic N) is 4. The normalized spacial score (nSPS) is 12.1. The molecule has 4 rings (SSSR count). The first kappa shape index (κ1) is 18.7. The average molecular weight is 391 g/mol. The molecule has 0 spiro atoms. The highest BCUT2D eigenvalue weighted by Crippen LogP contribution is 2.22. The number of fused-ring (bicyclic) bond motifs is 1. The molecule has 8 heteroatoms. The number of amides is 1. The van der Waals surface area contributed by atoms with Crippen molar-refractivity contribution < 1.29 is 14.1 Å². The number of nitrogens with one attached hydrogen (secondary N) is 1. The smallest absolute Gasteiger partial charge is 0.255 e. The molecule has 0 saturated carbocycles. The van der Waals surface area contributed by atoms with Crippen LogP contribution >= 0.6 is 0 Å². The minimum Gasteiger partial charge on any atom is -0.488 e. The summed E-state index contributed by atoms with van der Waals surface area (Å²) in [5.41, 5.74) is 2.83. The van der Waals surface area contributed by atoms with E-state index in [2.05, 4.69) is 20.7 Å². The van der Waals surface area contributed by atoms with Gasteiger partial charge in [-0.25, -0.2) is 0 Å². The number of carbonyl (C=O) groups is 1. The third-order valence-electron chi connectivity index (χ3n) is 4.76. The number of carbonyl (C=O) groups excluding carboxylic acids is 1. The molecule has 1 aromatic carbocycles. The number of hydrogen-bond donors (Lipinski definition) is 1. The van der Waals surface area contributed by atoms with Gasteiger partial charge < -0.3 is 14.6 Å². The molecule has 0 radical (unpaired) electrons. The lowest BCUT2D eigenvalue weighted by Gasteiger charge is -2.15. The van der Waals surface area contributed by atoms with Crippen LogP contribution in [-0.4, -0.2) is 25.7 Å². The third kappa shape index (κ3) is 3.69. The molecule has 3 aromatic heterocycles. The van der Waals surface area contributed by atoms with Crippen LogP contribution in [0.3, 0.4) is 0 Å². The van der Waals surface area contributed by atoms with Gasteiger partial charge in [0.25, 0.3) is 5.91 Å². The molecule has 8 nitrogen and oxygen atoms in total. The SMILES string of the molecule is Cc1noc(C)c1COc1ccccc1C(=O)NC(C)c1nnc2ccccn12. The zero-order valence-electron chi connectivity index (χ0n) is 16.4. The van der Waals surface area contributed by atoms with E-state index in [1.165, 1.54) is 0 Å². The Balaban J connectivity index is 1.51. The van der Waals surface area contributed by atoms with Gasteiger partial charge in [0.15, 0.2) is 11.5 Å². The number of pyridine rings is 1. The predicted molar refractivity (Wildman–Crippen MR) is 106 cm³/mol. The maximum absolute atomic E-state index is 12.9. The minimum atomic E-state index is -0.337. The Morgan fingerprint density at radius 3 is 2.76 bits per heavy atom. The van der Waals surface area contributed by atoms with E-state index in [0.29, 0.717) is 22.9 Å². The fourth-order valence-corrected chi connectivity index (χ4v) is 3.13. The molecule has 0 saturated heterocycles. The number of benzene rings is 1. The predicted octanol–water partition coefficient (Wildman–Crippen LogP) is 3.40. The zero-order valence-corrected chi connectivity index (χ0v) is 16.4. The van der Waals surface area contributed by atoms with Crippen LogP contribution in [0.4, 0.5) is 0 Å². The molecule has 0 aliphatic carbocycles. The van der Waals surface area contributed by atoms with Gasteiger partial charge in [0, 0.05) is 6.20 Å². The van der Waals surface area contributed by atoms with Gasteiger partial charge in [-0.3, -0.25) is 9.20 Å². The van der Waals surface area contributed by atoms with Crippen molar-refractivity contribution in [1.29, 1.82) is 0 Å². The maximum atomic E-state index is 12.9. The summed E-state index contributed by atoms with van der Waals surface area (Å²) >= 11 is 0. The van der Waals surface area contributed by atoms with E-state index in [-0.39, 0.29) is 18.6 Å². The molecule has 29 heavy (non-hydrogen) atoms. The largest absolute Gasteiger partial charge is 0.488 e. The molecular formula is C21H21N5O3. The minimum absolute atomic E-state index is 0.250. The van der Waals surface area contributed by atoms with Crippen molar-refractivity contribution in [2.75, 3.05) is 0 Å². The fraction of sp³-hybridized carbons (Fsp3) is 0.238. The topological polar surface area (TPSA) is 94.5 Å². The lowest BCUT2D eigenvalue weighted by molar-refractivity contribution is 0.0933. The van der Waals surface area contributed by atoms with E-state index in [0.717, 1.165) is 16.9 Å². The molecule has 1 N–H and O–H groups in total. The quantitative estimate of drug-likeness (QED) is 0.541. The Bertz CT molecular complexity index is 1140. The monoisotopic (exact) mass is 391 g/mol. The Hall–Kier alpha value is -3.68. The number of para-hydroxylation sites is 1. The summed E-state index contributed by atoms with van der Waals surface area (Å²) in [6.07, 6.45) is 1.87. The van der Waals surface area contributed by atoms with Crippen molar-refractivity contribution in [3.63, 3.8) is 0 Å². The van der Waals surface area contributed by atoms with E-state index in [1.54, 1.807) is 18.2 Å². The molecule has 0 fully saturated rings. The van der Waals surface area contributed by atoms with Crippen molar-refractivity contribution in [3.8, 4) is 5.75 Å². The first-order valence-electron chi connectivity index (χ1n) is 9.28. The van der Waals surface area contributed by atoms with Crippen molar-refractivity contribution in [1.82, 2.24) is 25.1 Å². The first-order chi connectivity index (χ1) is 14.0. The van der Waals surface area contributed by atoms with Crippen molar-refractivity contribution in [2.24, 2.45) is 0 Å². The Morgan fingerprint density at radius 2 is 1.97 bits per heavy atom. The van der Waals surface area contributed by atoms with Crippen LogP contribution in [0.25, 0.3) is 5.65 Å². The van der Waals surface area contributed by atoms with Crippen molar-refractivity contribution in [2.45, 2.75) is 33.4 Å². The molecule has 0 bridgehead atoms. The molecular weight excluding hydrogens is 370 g/mol. The van der Waals surface area contributed by atoms with Gasteiger partial charge in [-0.15, -0.1) is 10.2 Å². The average Bonchev–Trinajstić information content (AvgIpc) is 3.30. The lowest BCUT2D eigenvalue weighted by atomic mass is 10.1. The van der Waals surface area contributed by atoms with Gasteiger partial charge in [-0.2, -0.15) is 0 Å². The summed E-state index contributed by atoms with van der Waals surface area (Å²) in [6, 6.07) is 12.4. The van der Waals surface area contributed by atoms with Gasteiger partial charge in [0.2, 0.25) is 0 Å². The number of rotatable bonds is 6. The van der Waals surface area contributed by atoms with Crippen molar-refractivity contribution in [3.05, 3.63) is 77.1 Å². The molecule has 1 atom stereocenters. The molecule has 4 aromatic rings. The van der Waals surface area contributed by atoms with Gasteiger partial charge in [0.05, 0.1) is 22.9 Å². The maximum Gasteiger partial charge on any atom is 0.255 e. The lowest BCUT2D eigenvalue weighted by Crippen LogP contribution is -2.28. The molecule has 1 unspecified atom stereocenters. The number of aromatic nitrogens is 4. The second-order valence-corrected chi connectivity index (χ2v) is 6.77. The molecule has 148 valence electrons. The first-order valence-corrected chi connectivity index (χ1v) is 9.28. The van der Waals surface area contributed by atoms with Gasteiger partial charge in [0.1, 0.15) is 18.1 Å². The molecule has 0 aliphatic heterocycles. The Kier molecular flexibility index (Phi) is 4.99. The van der Waals surface area contributed by atoms with E-state index >= 15 is 0 Å². The molecule has 1 amide bonds. The Morgan fingerprint density at radius 1 is 1.17 bits per heavy atom. The summed E-state index contributed by atoms with van der Waals surface area (Å²) < 4.78 is 12.9. The van der Waals surface area contributed by atoms with Crippen LogP contribution in [0.5, 0.6) is 5.75 Å². The summed E-state index contributed by atoms with van der Waals surface area (Å²) in [5, 5.41) is 15.2. The van der Waals surface area contributed by atoms with Crippen LogP contribution in [0.15, 0.2) is 53.2 Å². The van der Waals surface area contributed by atoms with Gasteiger partial charge in [-0.1, -0.05) is 23.4 Å². The van der Waals surface area contributed by atoms with Crippen LogP contribution in [0, 0.1) is 13.8 Å². The molecule has 0 aliphatic rings. The standard InChI is InChI=1S/C21H21N5O3/c1-13-17(15(3)29-25-13)12-28-18-9-5-4-8-16(18)21(27)22-14(2)20-24-23-19-10-6-7-11-26(19)20/h4-11,14H,12H2,1-3H3,(H,22,27). The van der Waals surface area contributed by atoms with Gasteiger partial charge in [-0.05, 0) is 45.0 Å². The second-order valence-electron chi connectivity index (χ2n) is 6.77. The highest BCUT2D eigenvalue weighted by atomic mass is 16.5. The highest BCUT2D eigenvalue weighted by Gasteiger charge is 2.19. The zero-order chi connectivity index (χ0) is 20.4. The van der Waals surface area contributed by atoms with Crippen LogP contribution < -0.4 is 10.1 Å². The van der Waals surface area contributed by atoms with Crippen molar-refractivity contribution >= 4 is 11.6 Å². The van der Waals surface area contributed by atoms with Crippen LogP contribution in [0.1, 0.15) is 46.2 Å². The summed E-state index contributed by atoms with van der Waals surface area (Å²) in [5.74, 6) is 1.60. The fourth-order valence-electron chi connectivity index (χ4n) is 3.13. The van der Waals surface area contributed by atoms with E-state index in [4.69, 9.17) is 9.26 Å². The van der Waals surface area contributed by atoms with E-state index in [9.17, 15) is 4.79 Å². The Labute approximate surface area is 167 Å². The third-order valence-corrected chi connectivity index (χ3v) is 4.76. The summed E-state index contributed by atoms with van der Waals surface area (Å²) in [4.78, 5) is 12.9. The van der Waals surface area contributed by atoms with E-state index < -0.39 is 0 Å². The number of hydrogen-bond acceptors (Lipinski definition) is 6. The highest BCUT2D eigenvalue weighted by molar-refractivity contribution is 5.97.